The van der Waals surface area contributed by atoms with Gasteiger partial charge in [0.15, 0.2) is 5.78 Å². The van der Waals surface area contributed by atoms with Gasteiger partial charge in [-0.2, -0.15) is 74.6 Å². The Morgan fingerprint density at radius 1 is 0.689 bits per heavy atom. The fourth-order valence-electron chi connectivity index (χ4n) is 4.25. The molecule has 0 atom stereocenters. The molecule has 0 bridgehead atoms. The summed E-state index contributed by atoms with van der Waals surface area (Å²) < 4.78 is 233. The van der Waals surface area contributed by atoms with Crippen molar-refractivity contribution in [2.24, 2.45) is 0 Å². The van der Waals surface area contributed by atoms with Gasteiger partial charge in [-0.05, 0) is 37.2 Å². The van der Waals surface area contributed by atoms with E-state index in [4.69, 9.17) is 4.74 Å². The van der Waals surface area contributed by atoms with Gasteiger partial charge in [-0.25, -0.2) is 0 Å². The predicted octanol–water partition coefficient (Wildman–Crippen LogP) is 8.40. The van der Waals surface area contributed by atoms with E-state index in [0.717, 1.165) is 0 Å². The van der Waals surface area contributed by atoms with Gasteiger partial charge < -0.3 is 4.74 Å². The van der Waals surface area contributed by atoms with E-state index in [1.165, 1.54) is 12.2 Å². The second-order valence-corrected chi connectivity index (χ2v) is 11.8. The first-order chi connectivity index (χ1) is 19.9. The van der Waals surface area contributed by atoms with Gasteiger partial charge in [-0.1, -0.05) is 12.2 Å². The van der Waals surface area contributed by atoms with Gasteiger partial charge in [-0.15, -0.1) is 11.8 Å². The van der Waals surface area contributed by atoms with Crippen LogP contribution in [0.4, 0.5) is 74.6 Å². The molecule has 3 nitrogen and oxygen atoms in total. The Morgan fingerprint density at radius 2 is 1.13 bits per heavy atom. The molecule has 1 fully saturated rings. The number of halogens is 17. The molecule has 1 aliphatic heterocycles. The maximum atomic E-state index is 14.1. The van der Waals surface area contributed by atoms with Gasteiger partial charge in [0.2, 0.25) is 0 Å². The normalized spacial score (nSPS) is 19.4. The zero-order valence-electron chi connectivity index (χ0n) is 22.9. The van der Waals surface area contributed by atoms with Crippen molar-refractivity contribution in [3.8, 4) is 0 Å². The summed E-state index contributed by atoms with van der Waals surface area (Å²) in [5.41, 5.74) is -0.721. The van der Waals surface area contributed by atoms with Crippen molar-refractivity contribution in [1.29, 1.82) is 0 Å². The molecule has 0 aromatic carbocycles. The molecule has 2 aliphatic rings. The Morgan fingerprint density at radius 3 is 1.56 bits per heavy atom. The van der Waals surface area contributed by atoms with E-state index in [-0.39, 0.29) is 40.9 Å². The highest BCUT2D eigenvalue weighted by molar-refractivity contribution is 8.03. The number of ketones is 1. The number of thioether (sulfide) groups is 1. The lowest BCUT2D eigenvalue weighted by Crippen LogP contribution is -2.74. The van der Waals surface area contributed by atoms with Crippen LogP contribution in [-0.2, 0) is 9.53 Å². The Labute approximate surface area is 248 Å². The quantitative estimate of drug-likeness (QED) is 0.180. The number of alkyl halides is 17. The van der Waals surface area contributed by atoms with Crippen LogP contribution in [0.5, 0.6) is 0 Å². The van der Waals surface area contributed by atoms with E-state index in [1.807, 2.05) is 4.90 Å². The zero-order valence-corrected chi connectivity index (χ0v) is 23.7. The van der Waals surface area contributed by atoms with E-state index in [9.17, 15) is 79.4 Å². The number of morpholine rings is 1. The number of carbonyl (C=O) groups is 1. The summed E-state index contributed by atoms with van der Waals surface area (Å²) in [6, 6.07) is 0. The molecule has 0 radical (unpaired) electrons. The molecule has 1 aliphatic carbocycles. The predicted molar refractivity (Wildman–Crippen MR) is 125 cm³/mol. The Bertz CT molecular complexity index is 1150. The Kier molecular flexibility index (Phi) is 10.8. The molecule has 1 saturated heterocycles. The summed E-state index contributed by atoms with van der Waals surface area (Å²) in [5, 5.41) is 0. The second-order valence-electron chi connectivity index (χ2n) is 10.6. The van der Waals surface area contributed by atoms with Crippen molar-refractivity contribution >= 4 is 17.5 Å². The molecule has 0 spiro atoms. The maximum absolute atomic E-state index is 14.1. The third-order valence-corrected chi connectivity index (χ3v) is 8.37. The first-order valence-electron chi connectivity index (χ1n) is 12.6. The smallest absolute Gasteiger partial charge is 0.379 e. The van der Waals surface area contributed by atoms with Crippen LogP contribution in [0.3, 0.4) is 0 Å². The Balaban J connectivity index is 2.20. The van der Waals surface area contributed by atoms with Gasteiger partial charge in [0.25, 0.3) is 0 Å². The summed E-state index contributed by atoms with van der Waals surface area (Å²) in [6.45, 7) is 4.88. The molecule has 0 N–H and O–H groups in total. The first kappa shape index (κ1) is 39.4. The van der Waals surface area contributed by atoms with Crippen LogP contribution in [0.1, 0.15) is 33.1 Å². The number of carbonyl (C=O) groups excluding carboxylic acids is 1. The highest BCUT2D eigenvalue weighted by Crippen LogP contribution is 2.64. The topological polar surface area (TPSA) is 29.5 Å². The maximum Gasteiger partial charge on any atom is 0.460 e. The summed E-state index contributed by atoms with van der Waals surface area (Å²) in [6.07, 6.45) is -7.94. The molecule has 0 aromatic heterocycles. The summed E-state index contributed by atoms with van der Waals surface area (Å²) >= 11 is 0.264. The van der Waals surface area contributed by atoms with Crippen LogP contribution in [0.25, 0.3) is 0 Å². The van der Waals surface area contributed by atoms with Gasteiger partial charge in [0.05, 0.1) is 18.8 Å². The fraction of sp³-hybridized carbons (Fsp3) is 0.792. The van der Waals surface area contributed by atoms with Crippen molar-refractivity contribution < 1.29 is 84.2 Å². The molecule has 262 valence electrons. The van der Waals surface area contributed by atoms with Crippen molar-refractivity contribution in [3.63, 3.8) is 0 Å². The van der Waals surface area contributed by atoms with Gasteiger partial charge >= 0.3 is 47.6 Å². The monoisotopic (exact) mass is 713 g/mol. The summed E-state index contributed by atoms with van der Waals surface area (Å²) in [7, 11) is 0. The SMILES string of the molecule is CC(C)(C(=O)C1=CC=C(SCCC(F)(F)C(F)(F)C(F)(F)C(F)(F)C(F)(F)C(F)(F)C(F)(F)C(F)(F)F)CC1)N1CCOCC1. The third-order valence-electron chi connectivity index (χ3n) is 7.25. The highest BCUT2D eigenvalue weighted by Gasteiger charge is 2.95. The molecule has 45 heavy (non-hydrogen) atoms. The standard InChI is InChI=1S/C24H24F17NO2S/c1-16(2,42-8-10-44-11-9-42)15(43)13-3-5-14(6-4-13)45-12-7-17(25,26)18(27,28)19(29,30)20(31,32)21(33,34)22(35,36)23(37,38)24(39,40)41/h3,5H,4,6-12H2,1-2H3. The molecule has 0 aromatic rings. The van der Waals surface area contributed by atoms with Crippen molar-refractivity contribution in [3.05, 3.63) is 22.6 Å². The van der Waals surface area contributed by atoms with Crippen molar-refractivity contribution in [2.45, 2.75) is 86.3 Å². The van der Waals surface area contributed by atoms with Crippen LogP contribution in [-0.4, -0.2) is 95.9 Å². The largest absolute Gasteiger partial charge is 0.460 e. The Hall–Kier alpha value is -1.77. The van der Waals surface area contributed by atoms with Gasteiger partial charge in [-0.3, -0.25) is 9.69 Å². The lowest BCUT2D eigenvalue weighted by molar-refractivity contribution is -0.461. The van der Waals surface area contributed by atoms with Crippen LogP contribution in [0, 0.1) is 0 Å². The lowest BCUT2D eigenvalue weighted by atomic mass is 9.87. The summed E-state index contributed by atoms with van der Waals surface area (Å²) in [5.74, 6) is -57.9. The van der Waals surface area contributed by atoms with Crippen LogP contribution < -0.4 is 0 Å². The van der Waals surface area contributed by atoms with Crippen molar-refractivity contribution in [2.75, 3.05) is 32.1 Å². The molecule has 0 unspecified atom stereocenters. The number of hydrogen-bond acceptors (Lipinski definition) is 4. The average molecular weight is 713 g/mol. The number of hydrogen-bond donors (Lipinski definition) is 0. The van der Waals surface area contributed by atoms with E-state index in [2.05, 4.69) is 0 Å². The first-order valence-corrected chi connectivity index (χ1v) is 13.5. The van der Waals surface area contributed by atoms with Gasteiger partial charge in [0.1, 0.15) is 0 Å². The minimum Gasteiger partial charge on any atom is -0.379 e. The fourth-order valence-corrected chi connectivity index (χ4v) is 5.28. The van der Waals surface area contributed by atoms with E-state index in [1.54, 1.807) is 13.8 Å². The van der Waals surface area contributed by atoms with Crippen LogP contribution >= 0.6 is 11.8 Å². The van der Waals surface area contributed by atoms with Crippen molar-refractivity contribution in [1.82, 2.24) is 4.90 Å². The highest BCUT2D eigenvalue weighted by atomic mass is 32.2. The molecule has 1 heterocycles. The molecule has 21 heteroatoms. The molecular weight excluding hydrogens is 689 g/mol. The van der Waals surface area contributed by atoms with E-state index >= 15 is 0 Å². The number of Topliss-reactive ketones (excluding diaryl/α,β-unsaturated/α-hetero) is 1. The lowest BCUT2D eigenvalue weighted by Gasteiger charge is -2.42. The second kappa shape index (κ2) is 12.4. The van der Waals surface area contributed by atoms with Gasteiger partial charge in [0, 0.05) is 25.3 Å². The minimum atomic E-state index is -8.64. The number of nitrogens with zero attached hydrogens (tertiary/aromatic N) is 1. The van der Waals surface area contributed by atoms with Crippen LogP contribution in [0.15, 0.2) is 22.6 Å². The van der Waals surface area contributed by atoms with E-state index in [0.29, 0.717) is 26.3 Å². The number of ether oxygens (including phenoxy) is 1. The molecular formula is C24H24F17NO2S. The molecule has 2 rings (SSSR count). The summed E-state index contributed by atoms with van der Waals surface area (Å²) in [4.78, 5) is 14.9. The van der Waals surface area contributed by atoms with E-state index < -0.39 is 65.3 Å². The third kappa shape index (κ3) is 6.54. The molecule has 0 saturated carbocycles. The molecule has 0 amide bonds. The zero-order chi connectivity index (χ0) is 35.3. The number of rotatable bonds is 13. The average Bonchev–Trinajstić information content (AvgIpc) is 2.92. The number of allylic oxidation sites excluding steroid dienone is 3. The van der Waals surface area contributed by atoms with Crippen LogP contribution in [0.2, 0.25) is 0 Å². The minimum absolute atomic E-state index is 0.00582.